The summed E-state index contributed by atoms with van der Waals surface area (Å²) in [6.45, 7) is 23.7. The molecule has 0 amide bonds. The maximum Gasteiger partial charge on any atom is 0.0212 e. The van der Waals surface area contributed by atoms with Crippen LogP contribution < -0.4 is 0 Å². The fourth-order valence-corrected chi connectivity index (χ4v) is 5.94. The maximum absolute atomic E-state index is 2.40. The van der Waals surface area contributed by atoms with Crippen molar-refractivity contribution < 1.29 is 0 Å². The summed E-state index contributed by atoms with van der Waals surface area (Å²) in [7, 11) is 4.17. The number of hydrogen-bond acceptors (Lipinski definition) is 2. The predicted molar refractivity (Wildman–Crippen MR) is 96.1 cm³/mol. The zero-order chi connectivity index (χ0) is 15.5. The van der Waals surface area contributed by atoms with Gasteiger partial charge >= 0.3 is 0 Å². The van der Waals surface area contributed by atoms with Crippen molar-refractivity contribution >= 4 is 21.6 Å². The highest BCUT2D eigenvalue weighted by Gasteiger charge is 2.32. The third-order valence-corrected chi connectivity index (χ3v) is 7.54. The molecule has 0 aliphatic carbocycles. The van der Waals surface area contributed by atoms with Gasteiger partial charge < -0.3 is 0 Å². The summed E-state index contributed by atoms with van der Waals surface area (Å²) in [6, 6.07) is 0. The SMILES string of the molecule is CCC(C)(C)CC(C)(C)SSC(C)(C)CC(C)(C)C. The van der Waals surface area contributed by atoms with E-state index in [1.54, 1.807) is 0 Å². The molecule has 0 aromatic heterocycles. The van der Waals surface area contributed by atoms with E-state index >= 15 is 0 Å². The average Bonchev–Trinajstić information content (AvgIpc) is 2.10. The molecular formula is C17H36S2. The van der Waals surface area contributed by atoms with Crippen molar-refractivity contribution in [3.63, 3.8) is 0 Å². The Morgan fingerprint density at radius 1 is 0.632 bits per heavy atom. The van der Waals surface area contributed by atoms with E-state index in [9.17, 15) is 0 Å². The molecule has 0 atom stereocenters. The average molecular weight is 305 g/mol. The van der Waals surface area contributed by atoms with Gasteiger partial charge in [-0.25, -0.2) is 0 Å². The Balaban J connectivity index is 4.45. The molecule has 0 aromatic carbocycles. The Labute approximate surface area is 130 Å². The third kappa shape index (κ3) is 10.1. The predicted octanol–water partition coefficient (Wildman–Crippen LogP) is 7.19. The minimum absolute atomic E-state index is 0.344. The van der Waals surface area contributed by atoms with E-state index in [1.165, 1.54) is 19.3 Å². The first-order valence-corrected chi connectivity index (χ1v) is 9.70. The topological polar surface area (TPSA) is 0 Å². The smallest absolute Gasteiger partial charge is 0.0212 e. The van der Waals surface area contributed by atoms with Crippen LogP contribution in [0, 0.1) is 10.8 Å². The normalized spacial score (nSPS) is 14.8. The van der Waals surface area contributed by atoms with Gasteiger partial charge in [0.15, 0.2) is 0 Å². The molecule has 0 rings (SSSR count). The molecule has 0 saturated carbocycles. The van der Waals surface area contributed by atoms with Crippen LogP contribution in [0.3, 0.4) is 0 Å². The molecular weight excluding hydrogens is 268 g/mol. The Hall–Kier alpha value is 0.700. The zero-order valence-electron chi connectivity index (χ0n) is 14.9. The van der Waals surface area contributed by atoms with Gasteiger partial charge in [0.1, 0.15) is 0 Å². The molecule has 0 N–H and O–H groups in total. The van der Waals surface area contributed by atoms with Gasteiger partial charge in [-0.3, -0.25) is 0 Å². The van der Waals surface area contributed by atoms with E-state index < -0.39 is 0 Å². The second-order valence-corrected chi connectivity index (χ2v) is 12.7. The molecule has 0 fully saturated rings. The summed E-state index contributed by atoms with van der Waals surface area (Å²) in [4.78, 5) is 0. The molecule has 0 saturated heterocycles. The largest absolute Gasteiger partial charge is 0.0873 e. The van der Waals surface area contributed by atoms with Crippen LogP contribution in [0.5, 0.6) is 0 Å². The highest BCUT2D eigenvalue weighted by Crippen LogP contribution is 2.51. The van der Waals surface area contributed by atoms with Crippen LogP contribution in [-0.4, -0.2) is 9.49 Å². The van der Waals surface area contributed by atoms with Crippen molar-refractivity contribution in [2.75, 3.05) is 0 Å². The monoisotopic (exact) mass is 304 g/mol. The van der Waals surface area contributed by atoms with Crippen LogP contribution in [0.15, 0.2) is 0 Å². The first kappa shape index (κ1) is 19.7. The van der Waals surface area contributed by atoms with Crippen LogP contribution in [0.4, 0.5) is 0 Å². The molecule has 116 valence electrons. The van der Waals surface area contributed by atoms with Crippen LogP contribution >= 0.6 is 21.6 Å². The Bertz CT molecular complexity index is 269. The molecule has 0 radical (unpaired) electrons. The second kappa shape index (κ2) is 6.64. The first-order valence-electron chi connectivity index (χ1n) is 7.55. The second-order valence-electron chi connectivity index (χ2n) is 9.12. The van der Waals surface area contributed by atoms with Crippen molar-refractivity contribution in [2.45, 2.75) is 98.0 Å². The maximum atomic E-state index is 2.40. The lowest BCUT2D eigenvalue weighted by molar-refractivity contribution is 0.293. The molecule has 0 aromatic rings. The van der Waals surface area contributed by atoms with Crippen LogP contribution in [0.1, 0.15) is 88.5 Å². The van der Waals surface area contributed by atoms with Crippen molar-refractivity contribution in [1.82, 2.24) is 0 Å². The summed E-state index contributed by atoms with van der Waals surface area (Å²) in [6.07, 6.45) is 3.79. The van der Waals surface area contributed by atoms with Gasteiger partial charge in [-0.2, -0.15) is 0 Å². The van der Waals surface area contributed by atoms with E-state index in [1.807, 2.05) is 0 Å². The van der Waals surface area contributed by atoms with E-state index in [0.29, 0.717) is 20.3 Å². The van der Waals surface area contributed by atoms with Gasteiger partial charge in [-0.15, -0.1) is 0 Å². The molecule has 19 heavy (non-hydrogen) atoms. The summed E-state index contributed by atoms with van der Waals surface area (Å²) in [5, 5.41) is 0. The standard InChI is InChI=1S/C17H36S2/c1-11-15(5,6)13-17(9,10)19-18-16(7,8)12-14(2,3)4/h11-13H2,1-10H3. The highest BCUT2D eigenvalue weighted by molar-refractivity contribution is 8.77. The fourth-order valence-electron chi connectivity index (χ4n) is 2.84. The summed E-state index contributed by atoms with van der Waals surface area (Å²) < 4.78 is 0.690. The Morgan fingerprint density at radius 3 is 1.32 bits per heavy atom. The van der Waals surface area contributed by atoms with E-state index in [-0.39, 0.29) is 0 Å². The lowest BCUT2D eigenvalue weighted by Gasteiger charge is -2.37. The molecule has 0 spiro atoms. The van der Waals surface area contributed by atoms with E-state index in [0.717, 1.165) is 0 Å². The minimum atomic E-state index is 0.344. The van der Waals surface area contributed by atoms with Gasteiger partial charge in [-0.05, 0) is 51.4 Å². The van der Waals surface area contributed by atoms with Gasteiger partial charge in [0.25, 0.3) is 0 Å². The number of rotatable bonds is 7. The molecule has 0 nitrogen and oxygen atoms in total. The lowest BCUT2D eigenvalue weighted by Crippen LogP contribution is -2.27. The quantitative estimate of drug-likeness (QED) is 0.456. The van der Waals surface area contributed by atoms with Gasteiger partial charge in [0.05, 0.1) is 0 Å². The van der Waals surface area contributed by atoms with Gasteiger partial charge in [-0.1, -0.05) is 69.6 Å². The Kier molecular flexibility index (Phi) is 6.89. The van der Waals surface area contributed by atoms with Gasteiger partial charge in [0.2, 0.25) is 0 Å². The molecule has 0 aliphatic rings. The zero-order valence-corrected chi connectivity index (χ0v) is 16.6. The highest BCUT2D eigenvalue weighted by atomic mass is 33.1. The molecule has 0 heterocycles. The molecule has 0 unspecified atom stereocenters. The first-order chi connectivity index (χ1) is 8.18. The Morgan fingerprint density at radius 2 is 1.00 bits per heavy atom. The van der Waals surface area contributed by atoms with Crippen molar-refractivity contribution in [3.8, 4) is 0 Å². The summed E-state index contributed by atoms with van der Waals surface area (Å²) >= 11 is 0. The third-order valence-electron chi connectivity index (χ3n) is 3.31. The molecule has 0 bridgehead atoms. The van der Waals surface area contributed by atoms with E-state index in [2.05, 4.69) is 90.8 Å². The lowest BCUT2D eigenvalue weighted by atomic mass is 9.81. The van der Waals surface area contributed by atoms with Crippen molar-refractivity contribution in [1.29, 1.82) is 0 Å². The van der Waals surface area contributed by atoms with Gasteiger partial charge in [0, 0.05) is 9.49 Å². The van der Waals surface area contributed by atoms with Crippen LogP contribution in [0.2, 0.25) is 0 Å². The molecule has 2 heteroatoms. The minimum Gasteiger partial charge on any atom is -0.0873 e. The van der Waals surface area contributed by atoms with Crippen molar-refractivity contribution in [2.24, 2.45) is 10.8 Å². The molecule has 0 aliphatic heterocycles. The fraction of sp³-hybridized carbons (Fsp3) is 1.00. The van der Waals surface area contributed by atoms with Crippen LogP contribution in [0.25, 0.3) is 0 Å². The number of hydrogen-bond donors (Lipinski definition) is 0. The van der Waals surface area contributed by atoms with Crippen LogP contribution in [-0.2, 0) is 0 Å². The summed E-state index contributed by atoms with van der Waals surface area (Å²) in [5.41, 5.74) is 0.856. The van der Waals surface area contributed by atoms with Crippen molar-refractivity contribution in [3.05, 3.63) is 0 Å². The summed E-state index contributed by atoms with van der Waals surface area (Å²) in [5.74, 6) is 0. The van der Waals surface area contributed by atoms with E-state index in [4.69, 9.17) is 0 Å².